The van der Waals surface area contributed by atoms with Crippen LogP contribution < -0.4 is 10.1 Å². The van der Waals surface area contributed by atoms with E-state index in [1.54, 1.807) is 13.2 Å². The van der Waals surface area contributed by atoms with Gasteiger partial charge in [0.2, 0.25) is 5.91 Å². The zero-order valence-electron chi connectivity index (χ0n) is 12.3. The Balaban J connectivity index is 2.59. The van der Waals surface area contributed by atoms with Crippen LogP contribution in [0.5, 0.6) is 5.75 Å². The topological polar surface area (TPSA) is 58.6 Å². The Bertz CT molecular complexity index is 469. The van der Waals surface area contributed by atoms with E-state index in [4.69, 9.17) is 9.84 Å². The van der Waals surface area contributed by atoms with Crippen molar-refractivity contribution in [1.82, 2.24) is 5.32 Å². The standard InChI is InChI=1S/C16H23NO3/c1-12-4-6-15(20-3)14(10-12)5-7-16(19)17-11-13(2)8-9-18/h4-7,10,13,18H,8-9,11H2,1-3H3,(H,17,19). The summed E-state index contributed by atoms with van der Waals surface area (Å²) in [6.07, 6.45) is 3.94. The summed E-state index contributed by atoms with van der Waals surface area (Å²) in [6.45, 7) is 4.69. The van der Waals surface area contributed by atoms with E-state index in [0.717, 1.165) is 16.9 Å². The summed E-state index contributed by atoms with van der Waals surface area (Å²) in [7, 11) is 1.61. The maximum atomic E-state index is 11.7. The van der Waals surface area contributed by atoms with Crippen LogP contribution in [-0.4, -0.2) is 31.3 Å². The zero-order chi connectivity index (χ0) is 15.0. The number of aryl methyl sites for hydroxylation is 1. The van der Waals surface area contributed by atoms with Crippen LogP contribution in [0, 0.1) is 12.8 Å². The first-order chi connectivity index (χ1) is 9.56. The van der Waals surface area contributed by atoms with Crippen LogP contribution in [0.1, 0.15) is 24.5 Å². The number of nitrogens with one attached hydrogen (secondary N) is 1. The molecule has 110 valence electrons. The van der Waals surface area contributed by atoms with Gasteiger partial charge in [-0.2, -0.15) is 0 Å². The molecule has 0 saturated heterocycles. The maximum absolute atomic E-state index is 11.7. The molecule has 4 heteroatoms. The van der Waals surface area contributed by atoms with Gasteiger partial charge < -0.3 is 15.2 Å². The number of hydrogen-bond acceptors (Lipinski definition) is 3. The van der Waals surface area contributed by atoms with Gasteiger partial charge in [-0.25, -0.2) is 0 Å². The lowest BCUT2D eigenvalue weighted by molar-refractivity contribution is -0.116. The van der Waals surface area contributed by atoms with Crippen molar-refractivity contribution in [3.63, 3.8) is 0 Å². The number of benzene rings is 1. The van der Waals surface area contributed by atoms with Crippen LogP contribution in [-0.2, 0) is 4.79 Å². The van der Waals surface area contributed by atoms with E-state index in [-0.39, 0.29) is 18.4 Å². The molecule has 0 aromatic heterocycles. The number of hydrogen-bond donors (Lipinski definition) is 2. The monoisotopic (exact) mass is 277 g/mol. The van der Waals surface area contributed by atoms with Crippen LogP contribution in [0.25, 0.3) is 6.08 Å². The van der Waals surface area contributed by atoms with Crippen LogP contribution >= 0.6 is 0 Å². The van der Waals surface area contributed by atoms with Crippen molar-refractivity contribution in [2.45, 2.75) is 20.3 Å². The van der Waals surface area contributed by atoms with Gasteiger partial charge in [0, 0.05) is 24.8 Å². The third-order valence-electron chi connectivity index (χ3n) is 3.05. The number of ether oxygens (including phenoxy) is 1. The first-order valence-electron chi connectivity index (χ1n) is 6.78. The number of methoxy groups -OCH3 is 1. The SMILES string of the molecule is COc1ccc(C)cc1C=CC(=O)NCC(C)CCO. The highest BCUT2D eigenvalue weighted by molar-refractivity contribution is 5.92. The second-order valence-electron chi connectivity index (χ2n) is 4.94. The van der Waals surface area contributed by atoms with Gasteiger partial charge in [0.15, 0.2) is 0 Å². The molecule has 1 atom stereocenters. The lowest BCUT2D eigenvalue weighted by Crippen LogP contribution is -2.26. The summed E-state index contributed by atoms with van der Waals surface area (Å²) in [5.41, 5.74) is 1.99. The molecule has 4 nitrogen and oxygen atoms in total. The first kappa shape index (κ1) is 16.2. The Morgan fingerprint density at radius 2 is 2.25 bits per heavy atom. The first-order valence-corrected chi connectivity index (χ1v) is 6.78. The number of aliphatic hydroxyl groups excluding tert-OH is 1. The fourth-order valence-corrected chi connectivity index (χ4v) is 1.81. The summed E-state index contributed by atoms with van der Waals surface area (Å²) in [5, 5.41) is 11.6. The molecule has 1 rings (SSSR count). The van der Waals surface area contributed by atoms with Gasteiger partial charge in [-0.05, 0) is 37.5 Å². The van der Waals surface area contributed by atoms with Crippen molar-refractivity contribution in [2.24, 2.45) is 5.92 Å². The molecule has 0 aliphatic carbocycles. The van der Waals surface area contributed by atoms with Gasteiger partial charge in [-0.3, -0.25) is 4.79 Å². The molecule has 20 heavy (non-hydrogen) atoms. The van der Waals surface area contributed by atoms with Gasteiger partial charge >= 0.3 is 0 Å². The summed E-state index contributed by atoms with van der Waals surface area (Å²) in [5.74, 6) is 0.873. The second-order valence-corrected chi connectivity index (χ2v) is 4.94. The fourth-order valence-electron chi connectivity index (χ4n) is 1.81. The minimum Gasteiger partial charge on any atom is -0.496 e. The molecule has 0 saturated carbocycles. The van der Waals surface area contributed by atoms with Gasteiger partial charge in [-0.15, -0.1) is 0 Å². The Morgan fingerprint density at radius 3 is 2.90 bits per heavy atom. The van der Waals surface area contributed by atoms with Crippen molar-refractivity contribution < 1.29 is 14.6 Å². The molecule has 0 spiro atoms. The van der Waals surface area contributed by atoms with Crippen LogP contribution in [0.4, 0.5) is 0 Å². The average Bonchev–Trinajstić information content (AvgIpc) is 2.43. The minimum atomic E-state index is -0.140. The normalized spacial score (nSPS) is 12.4. The van der Waals surface area contributed by atoms with Gasteiger partial charge in [0.25, 0.3) is 0 Å². The van der Waals surface area contributed by atoms with E-state index in [0.29, 0.717) is 13.0 Å². The third-order valence-corrected chi connectivity index (χ3v) is 3.05. The average molecular weight is 277 g/mol. The van der Waals surface area contributed by atoms with Gasteiger partial charge in [-0.1, -0.05) is 18.6 Å². The molecule has 1 unspecified atom stereocenters. The number of rotatable bonds is 7. The highest BCUT2D eigenvalue weighted by atomic mass is 16.5. The van der Waals surface area contributed by atoms with Crippen molar-refractivity contribution >= 4 is 12.0 Å². The van der Waals surface area contributed by atoms with Crippen LogP contribution in [0.15, 0.2) is 24.3 Å². The maximum Gasteiger partial charge on any atom is 0.244 e. The van der Waals surface area contributed by atoms with Crippen molar-refractivity contribution in [1.29, 1.82) is 0 Å². The molecular weight excluding hydrogens is 254 g/mol. The van der Waals surface area contributed by atoms with Crippen LogP contribution in [0.2, 0.25) is 0 Å². The second kappa shape index (κ2) is 8.38. The van der Waals surface area contributed by atoms with Gasteiger partial charge in [0.05, 0.1) is 7.11 Å². The lowest BCUT2D eigenvalue weighted by atomic mass is 10.1. The molecule has 0 aliphatic heterocycles. The van der Waals surface area contributed by atoms with E-state index in [9.17, 15) is 4.79 Å². The van der Waals surface area contributed by atoms with Crippen molar-refractivity contribution in [3.05, 3.63) is 35.4 Å². The molecule has 1 aromatic rings. The summed E-state index contributed by atoms with van der Waals surface area (Å²) in [6, 6.07) is 5.82. The molecule has 0 bridgehead atoms. The van der Waals surface area contributed by atoms with Crippen LogP contribution in [0.3, 0.4) is 0 Å². The molecule has 2 N–H and O–H groups in total. The summed E-state index contributed by atoms with van der Waals surface area (Å²) < 4.78 is 5.25. The van der Waals surface area contributed by atoms with Crippen molar-refractivity contribution in [3.8, 4) is 5.75 Å². The van der Waals surface area contributed by atoms with E-state index in [2.05, 4.69) is 5.32 Å². The largest absolute Gasteiger partial charge is 0.496 e. The number of aliphatic hydroxyl groups is 1. The molecule has 1 aromatic carbocycles. The fraction of sp³-hybridized carbons (Fsp3) is 0.438. The van der Waals surface area contributed by atoms with E-state index in [1.807, 2.05) is 32.0 Å². The molecule has 0 aliphatic rings. The molecule has 0 radical (unpaired) electrons. The van der Waals surface area contributed by atoms with E-state index in [1.165, 1.54) is 6.08 Å². The van der Waals surface area contributed by atoms with Crippen molar-refractivity contribution in [2.75, 3.05) is 20.3 Å². The molecule has 0 fully saturated rings. The van der Waals surface area contributed by atoms with E-state index >= 15 is 0 Å². The smallest absolute Gasteiger partial charge is 0.244 e. The number of amides is 1. The number of carbonyl (C=O) groups excluding carboxylic acids is 1. The Kier molecular flexibility index (Phi) is 6.81. The zero-order valence-corrected chi connectivity index (χ0v) is 12.3. The van der Waals surface area contributed by atoms with E-state index < -0.39 is 0 Å². The molecule has 1 amide bonds. The summed E-state index contributed by atoms with van der Waals surface area (Å²) in [4.78, 5) is 11.7. The highest BCUT2D eigenvalue weighted by Gasteiger charge is 2.04. The Hall–Kier alpha value is -1.81. The highest BCUT2D eigenvalue weighted by Crippen LogP contribution is 2.20. The quantitative estimate of drug-likeness (QED) is 0.751. The molecule has 0 heterocycles. The Morgan fingerprint density at radius 1 is 1.50 bits per heavy atom. The Labute approximate surface area is 120 Å². The van der Waals surface area contributed by atoms with Gasteiger partial charge in [0.1, 0.15) is 5.75 Å². The lowest BCUT2D eigenvalue weighted by Gasteiger charge is -2.09. The third kappa shape index (κ3) is 5.45. The molecular formula is C16H23NO3. The minimum absolute atomic E-state index is 0.140. The predicted octanol–water partition coefficient (Wildman–Crippen LogP) is 2.15. The number of carbonyl (C=O) groups is 1. The predicted molar refractivity (Wildman–Crippen MR) is 80.6 cm³/mol. The summed E-state index contributed by atoms with van der Waals surface area (Å²) >= 11 is 0.